The van der Waals surface area contributed by atoms with Crippen LogP contribution in [0.4, 0.5) is 5.82 Å². The van der Waals surface area contributed by atoms with Crippen molar-refractivity contribution in [1.29, 1.82) is 0 Å². The first-order valence-corrected chi connectivity index (χ1v) is 10.2. The van der Waals surface area contributed by atoms with Gasteiger partial charge in [0.1, 0.15) is 11.6 Å². The normalized spacial score (nSPS) is 14.9. The predicted molar refractivity (Wildman–Crippen MR) is 118 cm³/mol. The van der Waals surface area contributed by atoms with Crippen LogP contribution in [0, 0.1) is 6.92 Å². The Bertz CT molecular complexity index is 1120. The van der Waals surface area contributed by atoms with Gasteiger partial charge in [-0.15, -0.1) is 0 Å². The Labute approximate surface area is 170 Å². The number of fused-ring (bicyclic) bond motifs is 2. The van der Waals surface area contributed by atoms with E-state index in [0.717, 1.165) is 61.0 Å². The van der Waals surface area contributed by atoms with Gasteiger partial charge >= 0.3 is 0 Å². The van der Waals surface area contributed by atoms with Crippen LogP contribution in [-0.2, 0) is 11.3 Å². The zero-order chi connectivity index (χ0) is 20.4. The molecule has 0 saturated carbocycles. The number of nitrogens with two attached hydrogens (primary N) is 1. The van der Waals surface area contributed by atoms with E-state index in [-0.39, 0.29) is 0 Å². The van der Waals surface area contributed by atoms with Gasteiger partial charge in [-0.05, 0) is 30.7 Å². The topological polar surface area (TPSA) is 95.8 Å². The van der Waals surface area contributed by atoms with Crippen molar-refractivity contribution in [1.82, 2.24) is 24.8 Å². The lowest BCUT2D eigenvalue weighted by molar-refractivity contribution is 0.0342. The molecular weight excluding hydrogens is 364 g/mol. The highest BCUT2D eigenvalue weighted by Gasteiger charge is 2.14. The first kappa shape index (κ1) is 19.4. The van der Waals surface area contributed by atoms with Crippen molar-refractivity contribution >= 4 is 27.9 Å². The number of morpholine rings is 1. The fourth-order valence-corrected chi connectivity index (χ4v) is 3.77. The average Bonchev–Trinajstić information content (AvgIpc) is 3.31. The van der Waals surface area contributed by atoms with Crippen molar-refractivity contribution in [2.24, 2.45) is 0 Å². The summed E-state index contributed by atoms with van der Waals surface area (Å²) < 4.78 is 5.44. The van der Waals surface area contributed by atoms with E-state index in [4.69, 9.17) is 10.5 Å². The number of aryl methyl sites for hydroxylation is 1. The van der Waals surface area contributed by atoms with Crippen molar-refractivity contribution in [3.8, 4) is 11.3 Å². The number of nitrogen functional groups attached to an aromatic ring is 1. The Hall–Kier alpha value is -2.90. The standard InChI is InChI=1S/C20H22N6O.C2H6/c1-12-22-19-15(10-18(21)25-20(19)23-12)17-9-14-3-2-13(8-16(14)24-17)11-26-4-6-27-7-5-26;1-2/h2-3,8-10,24H,4-7,11H2,1H3,(H3,21,22,23,25);1-2H3. The summed E-state index contributed by atoms with van der Waals surface area (Å²) in [5, 5.41) is 1.18. The molecule has 7 nitrogen and oxygen atoms in total. The average molecular weight is 393 g/mol. The second-order valence-electron chi connectivity index (χ2n) is 7.11. The second-order valence-corrected chi connectivity index (χ2v) is 7.11. The lowest BCUT2D eigenvalue weighted by Crippen LogP contribution is -2.35. The Morgan fingerprint density at radius 1 is 1.07 bits per heavy atom. The summed E-state index contributed by atoms with van der Waals surface area (Å²) in [6.45, 7) is 10.5. The van der Waals surface area contributed by atoms with Crippen molar-refractivity contribution in [2.75, 3.05) is 32.0 Å². The Morgan fingerprint density at radius 2 is 1.86 bits per heavy atom. The number of rotatable bonds is 3. The molecule has 1 aromatic carbocycles. The van der Waals surface area contributed by atoms with E-state index in [9.17, 15) is 0 Å². The van der Waals surface area contributed by atoms with Gasteiger partial charge in [0.15, 0.2) is 5.65 Å². The Kier molecular flexibility index (Phi) is 5.51. The van der Waals surface area contributed by atoms with Gasteiger partial charge in [-0.2, -0.15) is 0 Å². The summed E-state index contributed by atoms with van der Waals surface area (Å²) in [4.78, 5) is 18.0. The molecule has 4 N–H and O–H groups in total. The molecule has 4 aromatic rings. The molecule has 1 saturated heterocycles. The maximum absolute atomic E-state index is 6.00. The third-order valence-electron chi connectivity index (χ3n) is 5.09. The van der Waals surface area contributed by atoms with Crippen LogP contribution in [0.1, 0.15) is 25.2 Å². The minimum Gasteiger partial charge on any atom is -0.384 e. The molecule has 3 aromatic heterocycles. The van der Waals surface area contributed by atoms with Crippen molar-refractivity contribution in [3.05, 3.63) is 41.7 Å². The number of ether oxygens (including phenoxy) is 1. The molecule has 0 aliphatic carbocycles. The highest BCUT2D eigenvalue weighted by Crippen LogP contribution is 2.30. The molecule has 5 rings (SSSR count). The Morgan fingerprint density at radius 3 is 2.66 bits per heavy atom. The largest absolute Gasteiger partial charge is 0.384 e. The summed E-state index contributed by atoms with van der Waals surface area (Å²) >= 11 is 0. The van der Waals surface area contributed by atoms with Gasteiger partial charge in [-0.1, -0.05) is 26.0 Å². The number of hydrogen-bond acceptors (Lipinski definition) is 5. The van der Waals surface area contributed by atoms with E-state index in [1.54, 1.807) is 0 Å². The molecule has 7 heteroatoms. The Balaban J connectivity index is 0.000000994. The number of nitrogens with zero attached hydrogens (tertiary/aromatic N) is 3. The molecule has 1 fully saturated rings. The molecule has 152 valence electrons. The highest BCUT2D eigenvalue weighted by molar-refractivity contribution is 5.95. The first-order chi connectivity index (χ1) is 14.2. The van der Waals surface area contributed by atoms with Gasteiger partial charge in [-0.25, -0.2) is 9.97 Å². The van der Waals surface area contributed by atoms with Crippen LogP contribution < -0.4 is 5.73 Å². The number of aromatic nitrogens is 4. The molecular formula is C22H28N6O. The maximum atomic E-state index is 6.00. The second kappa shape index (κ2) is 8.23. The molecule has 0 unspecified atom stereocenters. The molecule has 1 aliphatic heterocycles. The van der Waals surface area contributed by atoms with Crippen molar-refractivity contribution in [2.45, 2.75) is 27.3 Å². The van der Waals surface area contributed by atoms with Crippen LogP contribution in [0.2, 0.25) is 0 Å². The molecule has 0 spiro atoms. The van der Waals surface area contributed by atoms with E-state index in [0.29, 0.717) is 11.5 Å². The smallest absolute Gasteiger partial charge is 0.180 e. The molecule has 0 radical (unpaired) electrons. The minimum absolute atomic E-state index is 0.468. The zero-order valence-electron chi connectivity index (χ0n) is 17.2. The monoisotopic (exact) mass is 392 g/mol. The number of hydrogen-bond donors (Lipinski definition) is 3. The zero-order valence-corrected chi connectivity index (χ0v) is 17.2. The summed E-state index contributed by atoms with van der Waals surface area (Å²) in [6.07, 6.45) is 0. The van der Waals surface area contributed by atoms with Crippen LogP contribution in [0.5, 0.6) is 0 Å². The van der Waals surface area contributed by atoms with Crippen molar-refractivity contribution in [3.63, 3.8) is 0 Å². The van der Waals surface area contributed by atoms with Gasteiger partial charge in [0.2, 0.25) is 0 Å². The number of nitrogens with one attached hydrogen (secondary N) is 2. The van der Waals surface area contributed by atoms with Gasteiger partial charge in [0.05, 0.1) is 18.7 Å². The lowest BCUT2D eigenvalue weighted by Gasteiger charge is -2.26. The number of imidazole rings is 1. The van der Waals surface area contributed by atoms with E-state index >= 15 is 0 Å². The molecule has 4 heterocycles. The van der Waals surface area contributed by atoms with E-state index in [1.807, 2.05) is 26.8 Å². The van der Waals surface area contributed by atoms with Gasteiger partial charge in [0, 0.05) is 41.8 Å². The summed E-state index contributed by atoms with van der Waals surface area (Å²) in [5.41, 5.74) is 12.0. The number of benzene rings is 1. The third-order valence-corrected chi connectivity index (χ3v) is 5.09. The third kappa shape index (κ3) is 3.97. The van der Waals surface area contributed by atoms with Gasteiger partial charge in [-0.3, -0.25) is 4.90 Å². The number of aromatic amines is 2. The fraction of sp³-hybridized carbons (Fsp3) is 0.364. The van der Waals surface area contributed by atoms with E-state index < -0.39 is 0 Å². The summed E-state index contributed by atoms with van der Waals surface area (Å²) in [6, 6.07) is 10.6. The predicted octanol–water partition coefficient (Wildman–Crippen LogP) is 3.86. The maximum Gasteiger partial charge on any atom is 0.180 e. The number of pyridine rings is 1. The molecule has 1 aliphatic rings. The number of H-pyrrole nitrogens is 2. The molecule has 0 bridgehead atoms. The first-order valence-electron chi connectivity index (χ1n) is 10.2. The van der Waals surface area contributed by atoms with Gasteiger partial charge < -0.3 is 20.4 Å². The highest BCUT2D eigenvalue weighted by atomic mass is 16.5. The molecule has 0 atom stereocenters. The van der Waals surface area contributed by atoms with Crippen LogP contribution in [0.15, 0.2) is 30.3 Å². The fourth-order valence-electron chi connectivity index (χ4n) is 3.77. The number of anilines is 1. The summed E-state index contributed by atoms with van der Waals surface area (Å²) in [7, 11) is 0. The van der Waals surface area contributed by atoms with Crippen molar-refractivity contribution < 1.29 is 4.74 Å². The minimum atomic E-state index is 0.468. The quantitative estimate of drug-likeness (QED) is 0.492. The molecule has 0 amide bonds. The van der Waals surface area contributed by atoms with Crippen LogP contribution in [0.3, 0.4) is 0 Å². The van der Waals surface area contributed by atoms with E-state index in [1.165, 1.54) is 10.9 Å². The van der Waals surface area contributed by atoms with Crippen LogP contribution in [-0.4, -0.2) is 51.1 Å². The van der Waals surface area contributed by atoms with Gasteiger partial charge in [0.25, 0.3) is 0 Å². The van der Waals surface area contributed by atoms with E-state index in [2.05, 4.69) is 49.1 Å². The molecule has 29 heavy (non-hydrogen) atoms. The van der Waals surface area contributed by atoms with Crippen LogP contribution >= 0.6 is 0 Å². The SMILES string of the molecule is CC.Cc1nc2nc(N)cc(-c3cc4ccc(CN5CCOCC5)cc4[nH]3)c2[nH]1. The van der Waals surface area contributed by atoms with Crippen LogP contribution in [0.25, 0.3) is 33.3 Å². The summed E-state index contributed by atoms with van der Waals surface area (Å²) in [5.74, 6) is 1.30. The lowest BCUT2D eigenvalue weighted by atomic mass is 10.1.